The Bertz CT molecular complexity index is 202. The van der Waals surface area contributed by atoms with E-state index < -0.39 is 0 Å². The third kappa shape index (κ3) is 2.37. The Morgan fingerprint density at radius 2 is 2.27 bits per heavy atom. The van der Waals surface area contributed by atoms with E-state index in [-0.39, 0.29) is 0 Å². The molecule has 1 aromatic heterocycles. The van der Waals surface area contributed by atoms with Crippen LogP contribution in [0.2, 0.25) is 0 Å². The minimum Gasteiger partial charge on any atom is -0.245 e. The van der Waals surface area contributed by atoms with E-state index in [4.69, 9.17) is 0 Å². The van der Waals surface area contributed by atoms with Crippen molar-refractivity contribution in [1.82, 2.24) is 9.78 Å². The molecular formula is C8H13N3. The van der Waals surface area contributed by atoms with Gasteiger partial charge in [-0.25, -0.2) is 9.67 Å². The van der Waals surface area contributed by atoms with E-state index >= 15 is 0 Å². The molecule has 0 atom stereocenters. The fourth-order valence-electron chi connectivity index (χ4n) is 0.573. The standard InChI is InChI=1S/C6H7N3.C2H6/c1-3-9-6(7-2)4-5-8-9;1-2/h3-5H,1-2H2;1-2H3. The van der Waals surface area contributed by atoms with Crippen LogP contribution in [0.15, 0.2) is 23.8 Å². The van der Waals surface area contributed by atoms with Gasteiger partial charge in [0.05, 0.1) is 6.20 Å². The highest BCUT2D eigenvalue weighted by Crippen LogP contribution is 2.07. The van der Waals surface area contributed by atoms with Crippen LogP contribution in [0.1, 0.15) is 13.8 Å². The molecule has 0 radical (unpaired) electrons. The van der Waals surface area contributed by atoms with Crippen molar-refractivity contribution in [2.24, 2.45) is 4.99 Å². The molecule has 0 bridgehead atoms. The van der Waals surface area contributed by atoms with Gasteiger partial charge in [0.25, 0.3) is 0 Å². The first-order valence-electron chi connectivity index (χ1n) is 3.51. The van der Waals surface area contributed by atoms with E-state index in [1.165, 1.54) is 0 Å². The third-order valence-electron chi connectivity index (χ3n) is 0.984. The monoisotopic (exact) mass is 151 g/mol. The smallest absolute Gasteiger partial charge is 0.154 e. The van der Waals surface area contributed by atoms with Crippen LogP contribution in [-0.2, 0) is 0 Å². The first kappa shape index (κ1) is 9.62. The highest BCUT2D eigenvalue weighted by atomic mass is 15.3. The predicted octanol–water partition coefficient (Wildman–Crippen LogP) is 2.34. The second-order valence-electron chi connectivity index (χ2n) is 1.47. The quantitative estimate of drug-likeness (QED) is 0.597. The maximum Gasteiger partial charge on any atom is 0.154 e. The Hall–Kier alpha value is -1.38. The summed E-state index contributed by atoms with van der Waals surface area (Å²) >= 11 is 0. The van der Waals surface area contributed by atoms with E-state index in [1.807, 2.05) is 13.8 Å². The first-order chi connectivity index (χ1) is 5.38. The number of hydrogen-bond donors (Lipinski definition) is 0. The Kier molecular flexibility index (Phi) is 4.73. The SMILES string of the molecule is C=Cn1nccc1N=C.CC. The minimum atomic E-state index is 0.713. The van der Waals surface area contributed by atoms with Gasteiger partial charge in [-0.05, 0) is 6.72 Å². The zero-order valence-corrected chi connectivity index (χ0v) is 6.99. The molecule has 0 saturated heterocycles. The first-order valence-corrected chi connectivity index (χ1v) is 3.51. The van der Waals surface area contributed by atoms with Crippen molar-refractivity contribution >= 4 is 18.7 Å². The van der Waals surface area contributed by atoms with Crippen molar-refractivity contribution in [3.05, 3.63) is 18.8 Å². The lowest BCUT2D eigenvalue weighted by Crippen LogP contribution is -1.84. The summed E-state index contributed by atoms with van der Waals surface area (Å²) < 4.78 is 1.55. The summed E-state index contributed by atoms with van der Waals surface area (Å²) in [6.07, 6.45) is 3.22. The molecule has 60 valence electrons. The van der Waals surface area contributed by atoms with Crippen LogP contribution in [0.3, 0.4) is 0 Å². The average molecular weight is 151 g/mol. The topological polar surface area (TPSA) is 30.2 Å². The van der Waals surface area contributed by atoms with Gasteiger partial charge in [0.1, 0.15) is 0 Å². The third-order valence-corrected chi connectivity index (χ3v) is 0.984. The van der Waals surface area contributed by atoms with Crippen LogP contribution in [0, 0.1) is 0 Å². The molecule has 0 aliphatic carbocycles. The van der Waals surface area contributed by atoms with Crippen LogP contribution in [-0.4, -0.2) is 16.5 Å². The van der Waals surface area contributed by atoms with Crippen molar-refractivity contribution in [3.63, 3.8) is 0 Å². The van der Waals surface area contributed by atoms with Crippen molar-refractivity contribution in [2.45, 2.75) is 13.8 Å². The second kappa shape index (κ2) is 5.41. The summed E-state index contributed by atoms with van der Waals surface area (Å²) in [5.74, 6) is 0.713. The normalized spacial score (nSPS) is 7.82. The number of rotatable bonds is 2. The maximum atomic E-state index is 3.87. The van der Waals surface area contributed by atoms with Crippen LogP contribution in [0.4, 0.5) is 5.82 Å². The zero-order chi connectivity index (χ0) is 8.69. The highest BCUT2D eigenvalue weighted by molar-refractivity contribution is 5.43. The molecule has 0 amide bonds. The molecule has 0 aliphatic rings. The highest BCUT2D eigenvalue weighted by Gasteiger charge is 1.90. The van der Waals surface area contributed by atoms with Gasteiger partial charge in [0.15, 0.2) is 5.82 Å². The molecule has 3 nitrogen and oxygen atoms in total. The van der Waals surface area contributed by atoms with Crippen molar-refractivity contribution in [3.8, 4) is 0 Å². The maximum absolute atomic E-state index is 3.87. The summed E-state index contributed by atoms with van der Waals surface area (Å²) in [7, 11) is 0. The number of aromatic nitrogens is 2. The Morgan fingerprint density at radius 3 is 2.64 bits per heavy atom. The molecule has 0 unspecified atom stereocenters. The molecule has 0 aromatic carbocycles. The van der Waals surface area contributed by atoms with Gasteiger partial charge in [-0.15, -0.1) is 0 Å². The lowest BCUT2D eigenvalue weighted by atomic mass is 10.6. The molecule has 3 heteroatoms. The molecule has 1 rings (SSSR count). The minimum absolute atomic E-state index is 0.713. The predicted molar refractivity (Wildman–Crippen MR) is 49.2 cm³/mol. The van der Waals surface area contributed by atoms with E-state index in [1.54, 1.807) is 23.1 Å². The number of hydrogen-bond acceptors (Lipinski definition) is 2. The van der Waals surface area contributed by atoms with Gasteiger partial charge in [-0.3, -0.25) is 0 Å². The van der Waals surface area contributed by atoms with Gasteiger partial charge in [-0.2, -0.15) is 5.10 Å². The molecule has 0 spiro atoms. The largest absolute Gasteiger partial charge is 0.245 e. The fourth-order valence-corrected chi connectivity index (χ4v) is 0.573. The van der Waals surface area contributed by atoms with Gasteiger partial charge in [0.2, 0.25) is 0 Å². The van der Waals surface area contributed by atoms with Crippen LogP contribution >= 0.6 is 0 Å². The van der Waals surface area contributed by atoms with Crippen LogP contribution in [0.25, 0.3) is 6.20 Å². The van der Waals surface area contributed by atoms with Crippen LogP contribution in [0.5, 0.6) is 0 Å². The lowest BCUT2D eigenvalue weighted by Gasteiger charge is -1.90. The molecule has 0 fully saturated rings. The molecular weight excluding hydrogens is 138 g/mol. The van der Waals surface area contributed by atoms with Crippen molar-refractivity contribution < 1.29 is 0 Å². The zero-order valence-electron chi connectivity index (χ0n) is 6.99. The molecule has 0 saturated carbocycles. The summed E-state index contributed by atoms with van der Waals surface area (Å²) in [4.78, 5) is 3.68. The number of aliphatic imine (C=N–C) groups is 1. The van der Waals surface area contributed by atoms with Crippen molar-refractivity contribution in [2.75, 3.05) is 0 Å². The summed E-state index contributed by atoms with van der Waals surface area (Å²) in [6, 6.07) is 1.76. The van der Waals surface area contributed by atoms with Gasteiger partial charge >= 0.3 is 0 Å². The van der Waals surface area contributed by atoms with Gasteiger partial charge in [0, 0.05) is 12.3 Å². The summed E-state index contributed by atoms with van der Waals surface area (Å²) in [5, 5.41) is 3.87. The summed E-state index contributed by atoms with van der Waals surface area (Å²) in [6.45, 7) is 10.9. The lowest BCUT2D eigenvalue weighted by molar-refractivity contribution is 0.936. The van der Waals surface area contributed by atoms with E-state index in [0.717, 1.165) is 0 Å². The van der Waals surface area contributed by atoms with Gasteiger partial charge < -0.3 is 0 Å². The summed E-state index contributed by atoms with van der Waals surface area (Å²) in [5.41, 5.74) is 0. The van der Waals surface area contributed by atoms with Crippen LogP contribution < -0.4 is 0 Å². The second-order valence-corrected chi connectivity index (χ2v) is 1.47. The molecule has 11 heavy (non-hydrogen) atoms. The molecule has 0 N–H and O–H groups in total. The average Bonchev–Trinajstić information content (AvgIpc) is 2.54. The van der Waals surface area contributed by atoms with E-state index in [9.17, 15) is 0 Å². The van der Waals surface area contributed by atoms with E-state index in [2.05, 4.69) is 23.4 Å². The molecule has 1 aromatic rings. The molecule has 0 aliphatic heterocycles. The fraction of sp³-hybridized carbons (Fsp3) is 0.250. The number of nitrogens with zero attached hydrogens (tertiary/aromatic N) is 3. The van der Waals surface area contributed by atoms with Gasteiger partial charge in [-0.1, -0.05) is 20.4 Å². The van der Waals surface area contributed by atoms with Crippen molar-refractivity contribution in [1.29, 1.82) is 0 Å². The Labute approximate surface area is 67.1 Å². The Morgan fingerprint density at radius 1 is 1.64 bits per heavy atom. The molecule has 1 heterocycles. The van der Waals surface area contributed by atoms with E-state index in [0.29, 0.717) is 5.82 Å². The Balaban J connectivity index is 0.000000461.